The van der Waals surface area contributed by atoms with Crippen molar-refractivity contribution in [2.24, 2.45) is 0 Å². The Morgan fingerprint density at radius 3 is 0.641 bits per heavy atom. The topological polar surface area (TPSA) is 80.3 Å². The van der Waals surface area contributed by atoms with E-state index in [9.17, 15) is 19.8 Å². The fraction of sp³-hybridized carbons (Fsp3) is 0.964. The van der Waals surface area contributed by atoms with Gasteiger partial charge in [-0.15, -0.1) is 40.2 Å². The van der Waals surface area contributed by atoms with E-state index in [4.69, 9.17) is 23.2 Å². The van der Waals surface area contributed by atoms with Crippen molar-refractivity contribution >= 4 is 89.9 Å². The molecule has 0 rings (SSSR count). The van der Waals surface area contributed by atoms with Crippen molar-refractivity contribution in [2.75, 3.05) is 0 Å². The van der Waals surface area contributed by atoms with Gasteiger partial charge in [-0.05, 0) is 51.4 Å². The SMILES string of the molecule is Br.CCCCCC(Cl)CCCC.CCCCCC(Cl)CCCC.CCCCCCCCCCCCCCCCCC(=O)[O-].CCCCCCCCCCCCCCCCCC(=O)[O-].[Ca+2]. The number of hydrogen-bond acceptors (Lipinski definition) is 4. The largest absolute Gasteiger partial charge is 2.00 e. The Morgan fingerprint density at radius 2 is 0.453 bits per heavy atom. The van der Waals surface area contributed by atoms with E-state index in [2.05, 4.69) is 41.5 Å². The predicted molar refractivity (Wildman–Crippen MR) is 292 cm³/mol. The normalized spacial score (nSPS) is 11.4. The van der Waals surface area contributed by atoms with Gasteiger partial charge in [-0.2, -0.15) is 0 Å². The fourth-order valence-electron chi connectivity index (χ4n) is 7.65. The first-order valence-corrected chi connectivity index (χ1v) is 28.7. The summed E-state index contributed by atoms with van der Waals surface area (Å²) < 4.78 is 0. The molecule has 0 saturated heterocycles. The van der Waals surface area contributed by atoms with E-state index in [0.29, 0.717) is 10.8 Å². The molecule has 0 aliphatic rings. The third-order valence-electron chi connectivity index (χ3n) is 12.0. The van der Waals surface area contributed by atoms with E-state index in [-0.39, 0.29) is 67.6 Å². The van der Waals surface area contributed by atoms with Crippen LogP contribution >= 0.6 is 40.2 Å². The van der Waals surface area contributed by atoms with Gasteiger partial charge in [0.25, 0.3) is 0 Å². The fourth-order valence-corrected chi connectivity index (χ4v) is 8.27. The number of hydrogen-bond donors (Lipinski definition) is 0. The van der Waals surface area contributed by atoms with E-state index in [1.807, 2.05) is 0 Å². The second-order valence-corrected chi connectivity index (χ2v) is 19.8. The van der Waals surface area contributed by atoms with E-state index < -0.39 is 11.9 Å². The molecule has 0 aliphatic heterocycles. The van der Waals surface area contributed by atoms with Crippen LogP contribution in [0.5, 0.6) is 0 Å². The molecule has 0 aromatic rings. The van der Waals surface area contributed by atoms with Crippen molar-refractivity contribution in [1.29, 1.82) is 0 Å². The Bertz CT molecular complexity index is 745. The van der Waals surface area contributed by atoms with Gasteiger partial charge in [0.2, 0.25) is 0 Å². The van der Waals surface area contributed by atoms with Crippen LogP contribution in [0.1, 0.15) is 337 Å². The van der Waals surface area contributed by atoms with Gasteiger partial charge in [0.05, 0.1) is 0 Å². The van der Waals surface area contributed by atoms with E-state index in [0.717, 1.165) is 25.7 Å². The maximum atomic E-state index is 10.2. The van der Waals surface area contributed by atoms with Gasteiger partial charge in [-0.25, -0.2) is 0 Å². The first-order valence-electron chi connectivity index (χ1n) is 27.8. The third-order valence-corrected chi connectivity index (χ3v) is 12.8. The summed E-state index contributed by atoms with van der Waals surface area (Å²) in [6.45, 7) is 13.4. The minimum atomic E-state index is -0.903. The summed E-state index contributed by atoms with van der Waals surface area (Å²) in [5, 5.41) is 21.3. The van der Waals surface area contributed by atoms with Crippen molar-refractivity contribution in [1.82, 2.24) is 0 Å². The predicted octanol–water partition coefficient (Wildman–Crippen LogP) is 18.9. The summed E-state index contributed by atoms with van der Waals surface area (Å²) in [5.41, 5.74) is 0. The summed E-state index contributed by atoms with van der Waals surface area (Å²) >= 11 is 12.2. The van der Waals surface area contributed by atoms with Crippen LogP contribution in [0.4, 0.5) is 0 Å². The van der Waals surface area contributed by atoms with Crippen LogP contribution in [-0.4, -0.2) is 60.4 Å². The number of unbranched alkanes of at least 4 members (excludes halogenated alkanes) is 34. The van der Waals surface area contributed by atoms with Crippen molar-refractivity contribution in [3.63, 3.8) is 0 Å². The summed E-state index contributed by atoms with van der Waals surface area (Å²) in [5.74, 6) is -1.81. The Morgan fingerprint density at radius 1 is 0.297 bits per heavy atom. The zero-order valence-electron chi connectivity index (χ0n) is 44.2. The summed E-state index contributed by atoms with van der Waals surface area (Å²) in [4.78, 5) is 20.4. The third kappa shape index (κ3) is 86.4. The number of carboxylic acid groups (broad SMARTS) is 2. The molecule has 2 unspecified atom stereocenters. The number of alkyl halides is 2. The maximum Gasteiger partial charge on any atom is 2.00 e. The average molecular weight is 1040 g/mol. The van der Waals surface area contributed by atoms with Gasteiger partial charge in [0.1, 0.15) is 0 Å². The molecule has 0 aromatic heterocycles. The van der Waals surface area contributed by atoms with E-state index >= 15 is 0 Å². The van der Waals surface area contributed by atoms with Crippen LogP contribution in [-0.2, 0) is 9.59 Å². The van der Waals surface area contributed by atoms with Gasteiger partial charge >= 0.3 is 37.7 Å². The van der Waals surface area contributed by atoms with Crippen LogP contribution in [0, 0.1) is 0 Å². The molecule has 0 saturated carbocycles. The standard InChI is InChI=1S/2C18H36O2.2C10H21Cl.BrH.Ca/c2*1-2-3-4-5-6-7-8-9-10-11-12-13-14-15-16-17-18(19)20;2*1-3-5-7-9-10(11)8-6-4-2;;/h2*2-17H2,1H3,(H,19,20);2*10H,3-9H2,1-2H3;1H;/q;;;;;+2/p-2. The quantitative estimate of drug-likeness (QED) is 0.0346. The maximum absolute atomic E-state index is 10.2. The molecule has 384 valence electrons. The monoisotopic (exact) mass is 1040 g/mol. The molecule has 0 heterocycles. The summed E-state index contributed by atoms with van der Waals surface area (Å²) in [6.07, 6.45) is 57.6. The average Bonchev–Trinajstić information content (AvgIpc) is 3.25. The molecular weight excluding hydrogens is 927 g/mol. The first-order chi connectivity index (χ1) is 30.2. The number of carbonyl (C=O) groups excluding carboxylic acids is 2. The van der Waals surface area contributed by atoms with Gasteiger partial charge in [0.15, 0.2) is 0 Å². The minimum Gasteiger partial charge on any atom is -0.550 e. The van der Waals surface area contributed by atoms with Crippen molar-refractivity contribution < 1.29 is 19.8 Å². The molecule has 0 aliphatic carbocycles. The zero-order valence-corrected chi connectivity index (χ0v) is 49.6. The van der Waals surface area contributed by atoms with Crippen LogP contribution in [0.2, 0.25) is 0 Å². The van der Waals surface area contributed by atoms with Crippen molar-refractivity contribution in [3.8, 4) is 0 Å². The summed E-state index contributed by atoms with van der Waals surface area (Å²) in [7, 11) is 0. The molecule has 0 radical (unpaired) electrons. The molecule has 0 N–H and O–H groups in total. The van der Waals surface area contributed by atoms with Crippen LogP contribution in [0.3, 0.4) is 0 Å². The molecular formula is C56H113BrCaCl2O4. The van der Waals surface area contributed by atoms with Crippen LogP contribution in [0.25, 0.3) is 0 Å². The van der Waals surface area contributed by atoms with Crippen LogP contribution in [0.15, 0.2) is 0 Å². The number of rotatable bonds is 46. The Labute approximate surface area is 453 Å². The number of aliphatic carboxylic acids is 2. The van der Waals surface area contributed by atoms with Crippen molar-refractivity contribution in [3.05, 3.63) is 0 Å². The zero-order chi connectivity index (χ0) is 46.8. The van der Waals surface area contributed by atoms with Gasteiger partial charge in [-0.3, -0.25) is 0 Å². The Balaban J connectivity index is -0.000000180. The Kier molecular flexibility index (Phi) is 87.8. The van der Waals surface area contributed by atoms with Gasteiger partial charge < -0.3 is 19.8 Å². The minimum absolute atomic E-state index is 0. The molecule has 64 heavy (non-hydrogen) atoms. The first kappa shape index (κ1) is 76.7. The molecule has 0 bridgehead atoms. The van der Waals surface area contributed by atoms with Crippen LogP contribution < -0.4 is 10.2 Å². The second kappa shape index (κ2) is 73.2. The number of carbonyl (C=O) groups is 2. The number of carboxylic acids is 2. The molecule has 8 heteroatoms. The second-order valence-electron chi connectivity index (χ2n) is 18.6. The van der Waals surface area contributed by atoms with E-state index in [1.54, 1.807) is 0 Å². The van der Waals surface area contributed by atoms with Gasteiger partial charge in [-0.1, -0.05) is 286 Å². The van der Waals surface area contributed by atoms with Crippen molar-refractivity contribution in [2.45, 2.75) is 348 Å². The molecule has 0 spiro atoms. The molecule has 2 atom stereocenters. The van der Waals surface area contributed by atoms with Gasteiger partial charge in [0, 0.05) is 22.7 Å². The molecule has 0 fully saturated rings. The summed E-state index contributed by atoms with van der Waals surface area (Å²) in [6, 6.07) is 0. The molecule has 0 amide bonds. The van der Waals surface area contributed by atoms with E-state index in [1.165, 1.54) is 257 Å². The Hall–Kier alpha value is 1.26. The molecule has 4 nitrogen and oxygen atoms in total. The number of halogens is 3. The smallest absolute Gasteiger partial charge is 0.550 e. The molecule has 0 aromatic carbocycles.